The van der Waals surface area contributed by atoms with Crippen LogP contribution in [0.5, 0.6) is 0 Å². The summed E-state index contributed by atoms with van der Waals surface area (Å²) < 4.78 is 66.9. The Morgan fingerprint density at radius 3 is 2.33 bits per heavy atom. The van der Waals surface area contributed by atoms with E-state index >= 15 is 0 Å². The molecule has 1 aromatic rings. The standard InChI is InChI=1S/C12H14F4N2O2S/c1-2-7-17-11(19)8-18-21(20,12(14,15)16)10-5-3-9(13)4-6-10/h3-6H,2,7-8H2,1H3,(H,17,19). The van der Waals surface area contributed by atoms with E-state index in [1.807, 2.05) is 0 Å². The third-order valence-corrected chi connectivity index (χ3v) is 4.44. The van der Waals surface area contributed by atoms with Gasteiger partial charge in [0.05, 0.1) is 4.90 Å². The molecular formula is C12H14F4N2O2S. The zero-order chi connectivity index (χ0) is 16.1. The van der Waals surface area contributed by atoms with Crippen molar-refractivity contribution < 1.29 is 26.6 Å². The minimum Gasteiger partial charge on any atom is -0.354 e. The van der Waals surface area contributed by atoms with Gasteiger partial charge < -0.3 is 5.32 Å². The Morgan fingerprint density at radius 1 is 1.29 bits per heavy atom. The van der Waals surface area contributed by atoms with Crippen LogP contribution in [0.25, 0.3) is 0 Å². The molecule has 1 aromatic carbocycles. The maximum Gasteiger partial charge on any atom is 0.483 e. The number of rotatable bonds is 5. The first-order chi connectivity index (χ1) is 9.70. The lowest BCUT2D eigenvalue weighted by atomic mass is 10.4. The molecule has 0 spiro atoms. The van der Waals surface area contributed by atoms with E-state index in [-0.39, 0.29) is 6.54 Å². The van der Waals surface area contributed by atoms with Crippen molar-refractivity contribution in [2.75, 3.05) is 13.1 Å². The van der Waals surface area contributed by atoms with Crippen molar-refractivity contribution in [1.29, 1.82) is 0 Å². The number of amides is 1. The van der Waals surface area contributed by atoms with Crippen LogP contribution in [0.3, 0.4) is 0 Å². The molecule has 0 bridgehead atoms. The van der Waals surface area contributed by atoms with Gasteiger partial charge in [-0.2, -0.15) is 13.2 Å². The van der Waals surface area contributed by atoms with Crippen molar-refractivity contribution in [3.63, 3.8) is 0 Å². The number of carbonyl (C=O) groups excluding carboxylic acids is 1. The topological polar surface area (TPSA) is 58.5 Å². The molecule has 0 saturated heterocycles. The Labute approximate surface area is 119 Å². The van der Waals surface area contributed by atoms with Crippen LogP contribution in [0.15, 0.2) is 33.5 Å². The predicted molar refractivity (Wildman–Crippen MR) is 69.5 cm³/mol. The van der Waals surface area contributed by atoms with Gasteiger partial charge in [0.2, 0.25) is 5.91 Å². The molecule has 0 heterocycles. The highest BCUT2D eigenvalue weighted by molar-refractivity contribution is 7.94. The average Bonchev–Trinajstić information content (AvgIpc) is 2.42. The van der Waals surface area contributed by atoms with Crippen LogP contribution in [-0.2, 0) is 14.5 Å². The molecule has 0 aliphatic rings. The van der Waals surface area contributed by atoms with E-state index in [9.17, 15) is 26.6 Å². The summed E-state index contributed by atoms with van der Waals surface area (Å²) in [4.78, 5) is 10.6. The van der Waals surface area contributed by atoms with Crippen molar-refractivity contribution in [2.45, 2.75) is 23.7 Å². The molecule has 4 nitrogen and oxygen atoms in total. The summed E-state index contributed by atoms with van der Waals surface area (Å²) in [5, 5.41) is 2.33. The number of benzene rings is 1. The number of hydrogen-bond donors (Lipinski definition) is 1. The molecule has 118 valence electrons. The van der Waals surface area contributed by atoms with Gasteiger partial charge in [0.25, 0.3) is 0 Å². The van der Waals surface area contributed by atoms with E-state index in [0.717, 1.165) is 24.3 Å². The monoisotopic (exact) mass is 326 g/mol. The molecule has 1 rings (SSSR count). The van der Waals surface area contributed by atoms with E-state index < -0.39 is 38.4 Å². The fourth-order valence-corrected chi connectivity index (χ4v) is 2.74. The minimum absolute atomic E-state index is 0.290. The zero-order valence-corrected chi connectivity index (χ0v) is 11.9. The van der Waals surface area contributed by atoms with Crippen molar-refractivity contribution in [3.05, 3.63) is 30.1 Å². The second kappa shape index (κ2) is 6.88. The number of carbonyl (C=O) groups is 1. The Morgan fingerprint density at radius 2 is 1.86 bits per heavy atom. The molecule has 0 saturated carbocycles. The number of nitrogens with zero attached hydrogens (tertiary/aromatic N) is 1. The van der Waals surface area contributed by atoms with Gasteiger partial charge in [-0.25, -0.2) is 13.0 Å². The van der Waals surface area contributed by atoms with Crippen LogP contribution in [-0.4, -0.2) is 28.7 Å². The van der Waals surface area contributed by atoms with E-state index in [1.165, 1.54) is 0 Å². The lowest BCUT2D eigenvalue weighted by molar-refractivity contribution is -0.119. The summed E-state index contributed by atoms with van der Waals surface area (Å²) >= 11 is 0. The molecule has 21 heavy (non-hydrogen) atoms. The quantitative estimate of drug-likeness (QED) is 0.846. The molecule has 0 radical (unpaired) electrons. The molecule has 0 fully saturated rings. The van der Waals surface area contributed by atoms with E-state index in [4.69, 9.17) is 0 Å². The first-order valence-electron chi connectivity index (χ1n) is 6.02. The molecule has 0 aliphatic heterocycles. The van der Waals surface area contributed by atoms with Crippen molar-refractivity contribution in [2.24, 2.45) is 4.36 Å². The number of alkyl halides is 3. The van der Waals surface area contributed by atoms with Gasteiger partial charge in [-0.3, -0.25) is 4.79 Å². The predicted octanol–water partition coefficient (Wildman–Crippen LogP) is 2.70. The second-order valence-electron chi connectivity index (χ2n) is 4.06. The second-order valence-corrected chi connectivity index (χ2v) is 6.31. The maximum absolute atomic E-state index is 13.0. The summed E-state index contributed by atoms with van der Waals surface area (Å²) in [5.74, 6) is -1.51. The van der Waals surface area contributed by atoms with Crippen LogP contribution in [0.1, 0.15) is 13.3 Å². The van der Waals surface area contributed by atoms with Crippen molar-refractivity contribution in [3.8, 4) is 0 Å². The molecule has 1 N–H and O–H groups in total. The van der Waals surface area contributed by atoms with Crippen molar-refractivity contribution in [1.82, 2.24) is 5.32 Å². The highest BCUT2D eigenvalue weighted by atomic mass is 32.2. The Bertz CT molecular complexity index is 605. The van der Waals surface area contributed by atoms with Gasteiger partial charge >= 0.3 is 5.51 Å². The van der Waals surface area contributed by atoms with E-state index in [0.29, 0.717) is 6.42 Å². The number of nitrogens with one attached hydrogen (secondary N) is 1. The molecule has 1 atom stereocenters. The van der Waals surface area contributed by atoms with E-state index in [1.54, 1.807) is 6.92 Å². The minimum atomic E-state index is -5.16. The lowest BCUT2D eigenvalue weighted by Crippen LogP contribution is -2.29. The largest absolute Gasteiger partial charge is 0.483 e. The summed E-state index contributed by atoms with van der Waals surface area (Å²) in [5.41, 5.74) is -5.16. The number of halogens is 4. The fourth-order valence-electron chi connectivity index (χ4n) is 1.37. The third kappa shape index (κ3) is 4.42. The van der Waals surface area contributed by atoms with Gasteiger partial charge in [-0.05, 0) is 30.7 Å². The van der Waals surface area contributed by atoms with Gasteiger partial charge in [-0.15, -0.1) is 0 Å². The van der Waals surface area contributed by atoms with Crippen LogP contribution in [0, 0.1) is 5.82 Å². The SMILES string of the molecule is CCCNC(=O)CN=S(=O)(c1ccc(F)cc1)C(F)(F)F. The Kier molecular flexibility index (Phi) is 5.70. The average molecular weight is 326 g/mol. The molecule has 9 heteroatoms. The summed E-state index contributed by atoms with van der Waals surface area (Å²) in [7, 11) is -4.82. The Hall–Kier alpha value is -1.64. The fraction of sp³-hybridized carbons (Fsp3) is 0.417. The third-order valence-electron chi connectivity index (χ3n) is 2.41. The van der Waals surface area contributed by atoms with Gasteiger partial charge in [0.1, 0.15) is 12.4 Å². The van der Waals surface area contributed by atoms with Crippen LogP contribution in [0.4, 0.5) is 17.6 Å². The lowest BCUT2D eigenvalue weighted by Gasteiger charge is -2.14. The number of hydrogen-bond acceptors (Lipinski definition) is 3. The van der Waals surface area contributed by atoms with Crippen LogP contribution in [0.2, 0.25) is 0 Å². The molecule has 1 unspecified atom stereocenters. The zero-order valence-electron chi connectivity index (χ0n) is 11.1. The van der Waals surface area contributed by atoms with Gasteiger partial charge in [0.15, 0.2) is 9.73 Å². The van der Waals surface area contributed by atoms with Crippen molar-refractivity contribution >= 4 is 15.6 Å². The summed E-state index contributed by atoms with van der Waals surface area (Å²) in [6.45, 7) is 1.18. The first-order valence-corrected chi connectivity index (χ1v) is 7.53. The van der Waals surface area contributed by atoms with E-state index in [2.05, 4.69) is 9.68 Å². The Balaban J connectivity index is 3.14. The normalized spacial score (nSPS) is 14.3. The highest BCUT2D eigenvalue weighted by Gasteiger charge is 2.44. The highest BCUT2D eigenvalue weighted by Crippen LogP contribution is 2.32. The molecule has 0 aliphatic carbocycles. The summed E-state index contributed by atoms with van der Waals surface area (Å²) in [6.07, 6.45) is 0.609. The first kappa shape index (κ1) is 17.4. The maximum atomic E-state index is 13.0. The molecular weight excluding hydrogens is 312 g/mol. The van der Waals surface area contributed by atoms with Crippen LogP contribution >= 0.6 is 0 Å². The smallest absolute Gasteiger partial charge is 0.354 e. The molecule has 0 aromatic heterocycles. The van der Waals surface area contributed by atoms with Crippen LogP contribution < -0.4 is 5.32 Å². The summed E-state index contributed by atoms with van der Waals surface area (Å²) in [6, 6.07) is 3.01. The van der Waals surface area contributed by atoms with Gasteiger partial charge in [0, 0.05) is 6.54 Å². The van der Waals surface area contributed by atoms with Gasteiger partial charge in [-0.1, -0.05) is 6.92 Å². The molecule has 1 amide bonds.